The average molecular weight is 450 g/mol. The molecule has 0 spiro atoms. The number of amides is 1. The van der Waals surface area contributed by atoms with Crippen molar-refractivity contribution in [2.45, 2.75) is 0 Å². The van der Waals surface area contributed by atoms with Crippen LogP contribution in [0.2, 0.25) is 5.02 Å². The molecule has 1 amide bonds. The van der Waals surface area contributed by atoms with Crippen molar-refractivity contribution in [3.8, 4) is 0 Å². The number of nitrogens with one attached hydrogen (secondary N) is 1. The van der Waals surface area contributed by atoms with Gasteiger partial charge in [-0.05, 0) is 42.5 Å². The number of halogens is 2. The molecule has 5 rings (SSSR count). The summed E-state index contributed by atoms with van der Waals surface area (Å²) >= 11 is 7.72. The van der Waals surface area contributed by atoms with Crippen molar-refractivity contribution in [1.29, 1.82) is 0 Å². The van der Waals surface area contributed by atoms with Gasteiger partial charge in [0.05, 0.1) is 10.7 Å². The highest BCUT2D eigenvalue weighted by Gasteiger charge is 2.25. The van der Waals surface area contributed by atoms with E-state index in [2.05, 4.69) is 5.32 Å². The van der Waals surface area contributed by atoms with Crippen molar-refractivity contribution in [3.05, 3.63) is 99.8 Å². The zero-order chi connectivity index (χ0) is 21.5. The van der Waals surface area contributed by atoms with Crippen molar-refractivity contribution >= 4 is 61.4 Å². The van der Waals surface area contributed by atoms with Crippen LogP contribution in [-0.2, 0) is 0 Å². The Morgan fingerprint density at radius 1 is 0.903 bits per heavy atom. The van der Waals surface area contributed by atoms with Crippen LogP contribution in [-0.4, -0.2) is 11.7 Å². The molecule has 4 nitrogen and oxygen atoms in total. The number of hydrogen-bond acceptors (Lipinski definition) is 4. The molecule has 0 saturated carbocycles. The van der Waals surface area contributed by atoms with E-state index in [1.807, 2.05) is 24.3 Å². The van der Waals surface area contributed by atoms with E-state index in [9.17, 15) is 14.0 Å². The van der Waals surface area contributed by atoms with Crippen LogP contribution in [0.25, 0.3) is 21.1 Å². The number of anilines is 1. The van der Waals surface area contributed by atoms with Crippen LogP contribution >= 0.6 is 22.9 Å². The largest absolute Gasteiger partial charge is 0.450 e. The van der Waals surface area contributed by atoms with Crippen molar-refractivity contribution in [2.75, 3.05) is 5.32 Å². The third-order valence-electron chi connectivity index (χ3n) is 4.89. The number of rotatable bonds is 4. The Bertz CT molecular complexity index is 1470. The number of furan rings is 1. The van der Waals surface area contributed by atoms with E-state index >= 15 is 0 Å². The molecule has 5 aromatic rings. The maximum absolute atomic E-state index is 13.3. The van der Waals surface area contributed by atoms with E-state index in [0.717, 1.165) is 10.1 Å². The first kappa shape index (κ1) is 19.5. The lowest BCUT2D eigenvalue weighted by Gasteiger charge is -2.05. The summed E-state index contributed by atoms with van der Waals surface area (Å²) in [6.07, 6.45) is 0. The molecular formula is C24H13ClFNO3S. The first-order valence-electron chi connectivity index (χ1n) is 9.33. The summed E-state index contributed by atoms with van der Waals surface area (Å²) in [5, 5.41) is 4.54. The van der Waals surface area contributed by atoms with Gasteiger partial charge < -0.3 is 9.73 Å². The first-order chi connectivity index (χ1) is 15.0. The molecule has 0 aliphatic rings. The topological polar surface area (TPSA) is 59.3 Å². The quantitative estimate of drug-likeness (QED) is 0.303. The molecule has 152 valence electrons. The predicted octanol–water partition coefficient (Wildman–Crippen LogP) is 6.92. The summed E-state index contributed by atoms with van der Waals surface area (Å²) < 4.78 is 20.0. The summed E-state index contributed by atoms with van der Waals surface area (Å²) in [5.74, 6) is -1.38. The van der Waals surface area contributed by atoms with Gasteiger partial charge in [-0.2, -0.15) is 0 Å². The van der Waals surface area contributed by atoms with Crippen molar-refractivity contribution in [2.24, 2.45) is 0 Å². The highest BCUT2D eigenvalue weighted by Crippen LogP contribution is 2.37. The lowest BCUT2D eigenvalue weighted by Crippen LogP contribution is -2.13. The van der Waals surface area contributed by atoms with Gasteiger partial charge >= 0.3 is 0 Å². The smallest absolute Gasteiger partial charge is 0.267 e. The molecule has 1 N–H and O–H groups in total. The van der Waals surface area contributed by atoms with Crippen molar-refractivity contribution in [3.63, 3.8) is 0 Å². The van der Waals surface area contributed by atoms with E-state index in [1.165, 1.54) is 35.6 Å². The monoisotopic (exact) mass is 449 g/mol. The first-order valence-corrected chi connectivity index (χ1v) is 10.5. The van der Waals surface area contributed by atoms with Gasteiger partial charge in [0.15, 0.2) is 5.76 Å². The van der Waals surface area contributed by atoms with E-state index in [-0.39, 0.29) is 17.0 Å². The van der Waals surface area contributed by atoms with Crippen LogP contribution in [0.3, 0.4) is 0 Å². The SMILES string of the molecule is O=C(c1ccc(F)cc1)c1oc2ccccc2c1NC(=O)c1sc2ccccc2c1Cl. The molecule has 0 saturated heterocycles. The maximum atomic E-state index is 13.3. The van der Waals surface area contributed by atoms with Gasteiger partial charge in [-0.3, -0.25) is 9.59 Å². The molecule has 0 atom stereocenters. The summed E-state index contributed by atoms with van der Waals surface area (Å²) in [5.41, 5.74) is 0.949. The second-order valence-electron chi connectivity index (χ2n) is 6.83. The number of carbonyl (C=O) groups is 2. The molecule has 3 aromatic carbocycles. The fourth-order valence-corrected chi connectivity index (χ4v) is 4.80. The highest BCUT2D eigenvalue weighted by molar-refractivity contribution is 7.21. The van der Waals surface area contributed by atoms with Gasteiger partial charge in [-0.25, -0.2) is 4.39 Å². The van der Waals surface area contributed by atoms with Crippen molar-refractivity contribution in [1.82, 2.24) is 0 Å². The third-order valence-corrected chi connectivity index (χ3v) is 6.56. The van der Waals surface area contributed by atoms with Gasteiger partial charge in [0.1, 0.15) is 16.3 Å². The number of carbonyl (C=O) groups excluding carboxylic acids is 2. The van der Waals surface area contributed by atoms with Crippen molar-refractivity contribution < 1.29 is 18.4 Å². The minimum absolute atomic E-state index is 0.0293. The van der Waals surface area contributed by atoms with Crippen LogP contribution in [0, 0.1) is 5.82 Å². The molecule has 0 aliphatic heterocycles. The van der Waals surface area contributed by atoms with E-state index in [4.69, 9.17) is 16.0 Å². The fourth-order valence-electron chi connectivity index (χ4n) is 3.39. The number of fused-ring (bicyclic) bond motifs is 2. The van der Waals surface area contributed by atoms with Crippen LogP contribution in [0.4, 0.5) is 10.1 Å². The molecule has 31 heavy (non-hydrogen) atoms. The zero-order valence-corrected chi connectivity index (χ0v) is 17.4. The molecule has 0 aliphatic carbocycles. The third kappa shape index (κ3) is 3.40. The maximum Gasteiger partial charge on any atom is 0.267 e. The normalized spacial score (nSPS) is 11.2. The minimum Gasteiger partial charge on any atom is -0.450 e. The number of ketones is 1. The van der Waals surface area contributed by atoms with Crippen LogP contribution < -0.4 is 5.32 Å². The molecule has 2 heterocycles. The van der Waals surface area contributed by atoms with E-state index < -0.39 is 17.5 Å². The van der Waals surface area contributed by atoms with Crippen LogP contribution in [0.5, 0.6) is 0 Å². The van der Waals surface area contributed by atoms with Gasteiger partial charge in [-0.15, -0.1) is 11.3 Å². The summed E-state index contributed by atoms with van der Waals surface area (Å²) in [7, 11) is 0. The fraction of sp³-hybridized carbons (Fsp3) is 0. The summed E-state index contributed by atoms with van der Waals surface area (Å²) in [6.45, 7) is 0. The Hall–Kier alpha value is -3.48. The van der Waals surface area contributed by atoms with Gasteiger partial charge in [0.25, 0.3) is 5.91 Å². The van der Waals surface area contributed by atoms with Gasteiger partial charge in [0.2, 0.25) is 5.78 Å². The second-order valence-corrected chi connectivity index (χ2v) is 8.26. The van der Waals surface area contributed by atoms with Gasteiger partial charge in [0, 0.05) is 21.0 Å². The molecule has 7 heteroatoms. The molecule has 0 unspecified atom stereocenters. The standard InChI is InChI=1S/C24H13ClFNO3S/c25-19-16-6-2-4-8-18(16)31-23(19)24(29)27-20-15-5-1-3-7-17(15)30-22(20)21(28)13-9-11-14(26)12-10-13/h1-12H,(H,27,29). The lowest BCUT2D eigenvalue weighted by molar-refractivity contribution is 0.101. The van der Waals surface area contributed by atoms with E-state index in [0.29, 0.717) is 20.9 Å². The Balaban J connectivity index is 1.59. The average Bonchev–Trinajstić information content (AvgIpc) is 3.32. The summed E-state index contributed by atoms with van der Waals surface area (Å²) in [6, 6.07) is 19.6. The Morgan fingerprint density at radius 2 is 1.58 bits per heavy atom. The summed E-state index contributed by atoms with van der Waals surface area (Å²) in [4.78, 5) is 26.5. The molecule has 0 radical (unpaired) electrons. The lowest BCUT2D eigenvalue weighted by atomic mass is 10.1. The number of para-hydroxylation sites is 1. The molecule has 0 fully saturated rings. The molecular weight excluding hydrogens is 437 g/mol. The molecule has 0 bridgehead atoms. The zero-order valence-electron chi connectivity index (χ0n) is 15.8. The van der Waals surface area contributed by atoms with Crippen LogP contribution in [0.1, 0.15) is 25.8 Å². The molecule has 2 aromatic heterocycles. The second kappa shape index (κ2) is 7.65. The van der Waals surface area contributed by atoms with Crippen LogP contribution in [0.15, 0.2) is 77.2 Å². The number of hydrogen-bond donors (Lipinski definition) is 1. The Labute approximate surface area is 184 Å². The van der Waals surface area contributed by atoms with Gasteiger partial charge in [-0.1, -0.05) is 41.9 Å². The minimum atomic E-state index is -0.464. The Kier molecular flexibility index (Phi) is 4.81. The van der Waals surface area contributed by atoms with E-state index in [1.54, 1.807) is 24.3 Å². The number of benzene rings is 3. The number of thiophene rings is 1. The highest BCUT2D eigenvalue weighted by atomic mass is 35.5. The predicted molar refractivity (Wildman–Crippen MR) is 121 cm³/mol. The Morgan fingerprint density at radius 3 is 2.32 bits per heavy atom.